The van der Waals surface area contributed by atoms with E-state index in [-0.39, 0.29) is 25.2 Å². The predicted octanol–water partition coefficient (Wildman–Crippen LogP) is 0.291. The number of carbonyl (C=O) groups excluding carboxylic acids is 2. The lowest BCUT2D eigenvalue weighted by Gasteiger charge is -2.28. The first-order chi connectivity index (χ1) is 9.44. The molecule has 0 aromatic carbocycles. The average molecular weight is 283 g/mol. The van der Waals surface area contributed by atoms with E-state index in [0.29, 0.717) is 12.8 Å². The Kier molecular flexibility index (Phi) is 4.15. The number of aliphatic carboxylic acids is 1. The van der Waals surface area contributed by atoms with Gasteiger partial charge in [-0.05, 0) is 25.7 Å². The summed E-state index contributed by atoms with van der Waals surface area (Å²) in [4.78, 5) is 35.8. The second-order valence-corrected chi connectivity index (χ2v) is 5.78. The first kappa shape index (κ1) is 14.6. The van der Waals surface area contributed by atoms with Crippen LogP contribution in [0.5, 0.6) is 0 Å². The zero-order valence-corrected chi connectivity index (χ0v) is 11.4. The van der Waals surface area contributed by atoms with Crippen molar-refractivity contribution >= 4 is 17.9 Å². The minimum atomic E-state index is -0.875. The third kappa shape index (κ3) is 3.20. The molecule has 20 heavy (non-hydrogen) atoms. The molecule has 0 aromatic heterocycles. The lowest BCUT2D eigenvalue weighted by Crippen LogP contribution is -2.50. The Morgan fingerprint density at radius 1 is 1.25 bits per heavy atom. The van der Waals surface area contributed by atoms with Crippen molar-refractivity contribution in [1.29, 1.82) is 0 Å². The van der Waals surface area contributed by atoms with E-state index in [4.69, 9.17) is 10.8 Å². The van der Waals surface area contributed by atoms with E-state index in [9.17, 15) is 14.4 Å². The van der Waals surface area contributed by atoms with Crippen molar-refractivity contribution in [2.75, 3.05) is 13.1 Å². The van der Waals surface area contributed by atoms with E-state index in [1.807, 2.05) is 0 Å². The van der Waals surface area contributed by atoms with Crippen molar-refractivity contribution in [3.63, 3.8) is 0 Å². The summed E-state index contributed by atoms with van der Waals surface area (Å²) in [6, 6.07) is -0.356. The van der Waals surface area contributed by atoms with E-state index in [1.54, 1.807) is 0 Å². The molecule has 2 fully saturated rings. The molecule has 0 unspecified atom stereocenters. The Morgan fingerprint density at radius 3 is 2.30 bits per heavy atom. The fraction of sp³-hybridized carbons (Fsp3) is 0.769. The van der Waals surface area contributed by atoms with Gasteiger partial charge in [0.1, 0.15) is 6.54 Å². The lowest BCUT2D eigenvalue weighted by atomic mass is 10.1. The first-order valence-electron chi connectivity index (χ1n) is 7.01. The molecule has 0 aliphatic heterocycles. The molecule has 7 nitrogen and oxygen atoms in total. The van der Waals surface area contributed by atoms with Crippen molar-refractivity contribution in [1.82, 2.24) is 10.2 Å². The fourth-order valence-electron chi connectivity index (χ4n) is 2.71. The van der Waals surface area contributed by atoms with Gasteiger partial charge in [0.25, 0.3) is 0 Å². The second kappa shape index (κ2) is 5.68. The third-order valence-corrected chi connectivity index (χ3v) is 4.24. The zero-order valence-electron chi connectivity index (χ0n) is 11.4. The van der Waals surface area contributed by atoms with E-state index >= 15 is 0 Å². The number of urea groups is 1. The van der Waals surface area contributed by atoms with Gasteiger partial charge in [0.2, 0.25) is 5.91 Å². The molecule has 0 heterocycles. The Morgan fingerprint density at radius 2 is 1.85 bits per heavy atom. The van der Waals surface area contributed by atoms with Crippen LogP contribution in [0.1, 0.15) is 38.5 Å². The highest BCUT2D eigenvalue weighted by Crippen LogP contribution is 2.45. The molecule has 2 rings (SSSR count). The monoisotopic (exact) mass is 283 g/mol. The number of carboxylic acid groups (broad SMARTS) is 1. The Bertz CT molecular complexity index is 414. The van der Waals surface area contributed by atoms with Crippen molar-refractivity contribution in [2.45, 2.75) is 44.6 Å². The molecule has 2 aliphatic carbocycles. The molecule has 3 amide bonds. The first-order valence-corrected chi connectivity index (χ1v) is 7.01. The zero-order chi connectivity index (χ0) is 14.8. The summed E-state index contributed by atoms with van der Waals surface area (Å²) in [5, 5.41) is 11.7. The molecular formula is C13H21N3O4. The Balaban J connectivity index is 1.92. The highest BCUT2D eigenvalue weighted by atomic mass is 16.4. The number of hydrogen-bond donors (Lipinski definition) is 3. The Labute approximate surface area is 117 Å². The average Bonchev–Trinajstić information content (AvgIpc) is 2.99. The molecule has 0 saturated heterocycles. The minimum Gasteiger partial charge on any atom is -0.481 e. The number of amides is 3. The minimum absolute atomic E-state index is 0.0301. The number of rotatable bonds is 6. The van der Waals surface area contributed by atoms with Crippen LogP contribution in [-0.4, -0.2) is 47.0 Å². The van der Waals surface area contributed by atoms with Gasteiger partial charge in [-0.15, -0.1) is 0 Å². The summed E-state index contributed by atoms with van der Waals surface area (Å²) < 4.78 is 0. The number of hydrogen-bond acceptors (Lipinski definition) is 3. The van der Waals surface area contributed by atoms with Crippen LogP contribution in [0.15, 0.2) is 0 Å². The molecule has 2 aliphatic rings. The molecule has 0 atom stereocenters. The highest BCUT2D eigenvalue weighted by Gasteiger charge is 2.50. The van der Waals surface area contributed by atoms with E-state index < -0.39 is 17.3 Å². The SMILES string of the molecule is NC(=O)CN(C(=O)NCC1(C(=O)O)CC1)C1CCCC1. The van der Waals surface area contributed by atoms with Crippen molar-refractivity contribution in [3.8, 4) is 0 Å². The molecule has 112 valence electrons. The number of nitrogens with one attached hydrogen (secondary N) is 1. The van der Waals surface area contributed by atoms with Crippen LogP contribution in [0.2, 0.25) is 0 Å². The van der Waals surface area contributed by atoms with E-state index in [2.05, 4.69) is 5.32 Å². The third-order valence-electron chi connectivity index (χ3n) is 4.24. The van der Waals surface area contributed by atoms with Gasteiger partial charge in [-0.25, -0.2) is 4.79 Å². The quantitative estimate of drug-likeness (QED) is 0.650. The standard InChI is InChI=1S/C13H21N3O4/c14-10(17)7-16(9-3-1-2-4-9)12(20)15-8-13(5-6-13)11(18)19/h9H,1-8H2,(H2,14,17)(H,15,20)(H,18,19). The van der Waals surface area contributed by atoms with Gasteiger partial charge in [-0.3, -0.25) is 9.59 Å². The summed E-state index contributed by atoms with van der Waals surface area (Å²) in [6.07, 6.45) is 4.97. The summed E-state index contributed by atoms with van der Waals surface area (Å²) in [5.74, 6) is -1.42. The van der Waals surface area contributed by atoms with Crippen LogP contribution in [0.3, 0.4) is 0 Å². The van der Waals surface area contributed by atoms with Crippen LogP contribution < -0.4 is 11.1 Å². The smallest absolute Gasteiger partial charge is 0.318 e. The fourth-order valence-corrected chi connectivity index (χ4v) is 2.71. The van der Waals surface area contributed by atoms with E-state index in [0.717, 1.165) is 25.7 Å². The van der Waals surface area contributed by atoms with Crippen LogP contribution >= 0.6 is 0 Å². The maximum Gasteiger partial charge on any atom is 0.318 e. The molecule has 0 bridgehead atoms. The largest absolute Gasteiger partial charge is 0.481 e. The molecule has 0 aromatic rings. The summed E-state index contributed by atoms with van der Waals surface area (Å²) in [7, 11) is 0. The van der Waals surface area contributed by atoms with Gasteiger partial charge in [-0.2, -0.15) is 0 Å². The van der Waals surface area contributed by atoms with E-state index in [1.165, 1.54) is 4.90 Å². The van der Waals surface area contributed by atoms with Gasteiger partial charge in [-0.1, -0.05) is 12.8 Å². The maximum atomic E-state index is 12.2. The van der Waals surface area contributed by atoms with Crippen LogP contribution in [0.25, 0.3) is 0 Å². The predicted molar refractivity (Wildman–Crippen MR) is 70.9 cm³/mol. The molecule has 0 radical (unpaired) electrons. The number of carbonyl (C=O) groups is 3. The number of nitrogens with two attached hydrogens (primary N) is 1. The van der Waals surface area contributed by atoms with Crippen LogP contribution in [0.4, 0.5) is 4.79 Å². The van der Waals surface area contributed by atoms with Gasteiger partial charge in [0.05, 0.1) is 5.41 Å². The Hall–Kier alpha value is -1.79. The van der Waals surface area contributed by atoms with Crippen molar-refractivity contribution in [2.24, 2.45) is 11.1 Å². The number of carboxylic acids is 1. The second-order valence-electron chi connectivity index (χ2n) is 5.78. The highest BCUT2D eigenvalue weighted by molar-refractivity contribution is 5.84. The van der Waals surface area contributed by atoms with Crippen LogP contribution in [-0.2, 0) is 9.59 Å². The van der Waals surface area contributed by atoms with Crippen molar-refractivity contribution < 1.29 is 19.5 Å². The van der Waals surface area contributed by atoms with Gasteiger partial charge < -0.3 is 21.1 Å². The molecule has 7 heteroatoms. The maximum absolute atomic E-state index is 12.2. The van der Waals surface area contributed by atoms with Gasteiger partial charge >= 0.3 is 12.0 Å². The number of nitrogens with zero attached hydrogens (tertiary/aromatic N) is 1. The normalized spacial score (nSPS) is 20.4. The van der Waals surface area contributed by atoms with Crippen LogP contribution in [0, 0.1) is 5.41 Å². The molecule has 2 saturated carbocycles. The molecule has 0 spiro atoms. The summed E-state index contributed by atoms with van der Waals surface area (Å²) >= 11 is 0. The lowest BCUT2D eigenvalue weighted by molar-refractivity contribution is -0.143. The summed E-state index contributed by atoms with van der Waals surface area (Å²) in [5.41, 5.74) is 4.38. The summed E-state index contributed by atoms with van der Waals surface area (Å²) in [6.45, 7) is -0.000278. The topological polar surface area (TPSA) is 113 Å². The molecule has 4 N–H and O–H groups in total. The van der Waals surface area contributed by atoms with Gasteiger partial charge in [0, 0.05) is 12.6 Å². The number of primary amides is 1. The van der Waals surface area contributed by atoms with Crippen molar-refractivity contribution in [3.05, 3.63) is 0 Å². The van der Waals surface area contributed by atoms with Gasteiger partial charge in [0.15, 0.2) is 0 Å². The molecular weight excluding hydrogens is 262 g/mol.